The molecule has 0 saturated carbocycles. The van der Waals surface area contributed by atoms with E-state index in [1.807, 2.05) is 25.1 Å². The van der Waals surface area contributed by atoms with Gasteiger partial charge in [0.1, 0.15) is 0 Å². The van der Waals surface area contributed by atoms with Crippen molar-refractivity contribution in [1.82, 2.24) is 14.9 Å². The number of rotatable bonds is 8. The highest BCUT2D eigenvalue weighted by molar-refractivity contribution is 7.99. The monoisotopic (exact) mass is 481 g/mol. The van der Waals surface area contributed by atoms with Gasteiger partial charge in [0.25, 0.3) is 5.56 Å². The molecule has 0 aliphatic carbocycles. The summed E-state index contributed by atoms with van der Waals surface area (Å²) in [6.07, 6.45) is 0. The molecule has 0 aliphatic rings. The molecular weight excluding hydrogens is 458 g/mol. The number of carbonyl (C=O) groups is 1. The number of thioether (sulfide) groups is 1. The van der Waals surface area contributed by atoms with Crippen molar-refractivity contribution in [2.24, 2.45) is 0 Å². The second-order valence-corrected chi connectivity index (χ2v) is 9.07. The number of aromatic nitrogens is 2. The van der Waals surface area contributed by atoms with Crippen LogP contribution in [0, 0.1) is 0 Å². The molecule has 1 atom stereocenters. The fourth-order valence-electron chi connectivity index (χ4n) is 3.64. The first kappa shape index (κ1) is 23.3. The van der Waals surface area contributed by atoms with Crippen LogP contribution in [-0.4, -0.2) is 34.9 Å². The molecular formula is C25H24ClN3O3S. The normalized spacial score (nSPS) is 12.2. The van der Waals surface area contributed by atoms with Crippen molar-refractivity contribution in [3.05, 3.63) is 81.6 Å². The first-order valence-electron chi connectivity index (χ1n) is 10.6. The molecule has 33 heavy (non-hydrogen) atoms. The zero-order valence-corrected chi connectivity index (χ0v) is 19.9. The van der Waals surface area contributed by atoms with E-state index >= 15 is 0 Å². The lowest BCUT2D eigenvalue weighted by molar-refractivity contribution is -0.119. The Labute approximate surface area is 200 Å². The minimum Gasteiger partial charge on any atom is -0.383 e. The van der Waals surface area contributed by atoms with E-state index in [0.717, 1.165) is 16.3 Å². The van der Waals surface area contributed by atoms with Crippen molar-refractivity contribution in [2.75, 3.05) is 19.5 Å². The Balaban J connectivity index is 1.50. The third-order valence-corrected chi connectivity index (χ3v) is 6.60. The van der Waals surface area contributed by atoms with Crippen LogP contribution in [-0.2, 0) is 16.1 Å². The summed E-state index contributed by atoms with van der Waals surface area (Å²) in [4.78, 5) is 30.3. The summed E-state index contributed by atoms with van der Waals surface area (Å²) in [7, 11) is 1.58. The van der Waals surface area contributed by atoms with Crippen molar-refractivity contribution < 1.29 is 9.53 Å². The molecule has 3 aromatic carbocycles. The minimum atomic E-state index is -0.179. The van der Waals surface area contributed by atoms with Gasteiger partial charge in [-0.2, -0.15) is 0 Å². The Kier molecular flexibility index (Phi) is 7.33. The van der Waals surface area contributed by atoms with Crippen LogP contribution in [0.15, 0.2) is 70.6 Å². The molecule has 0 saturated heterocycles. The SMILES string of the molecule is COCCn1c(SCC(=O)NC(C)c2ccc3ccccc3c2)nc2cc(Cl)ccc2c1=O. The summed E-state index contributed by atoms with van der Waals surface area (Å²) >= 11 is 7.31. The summed E-state index contributed by atoms with van der Waals surface area (Å²) in [5.74, 6) is -0.0111. The average Bonchev–Trinajstić information content (AvgIpc) is 2.81. The van der Waals surface area contributed by atoms with Gasteiger partial charge in [0.2, 0.25) is 5.91 Å². The molecule has 4 rings (SSSR count). The predicted octanol–water partition coefficient (Wildman–Crippen LogP) is 4.82. The first-order chi connectivity index (χ1) is 16.0. The molecule has 8 heteroatoms. The Hall–Kier alpha value is -2.87. The quantitative estimate of drug-likeness (QED) is 0.288. The molecule has 0 bridgehead atoms. The van der Waals surface area contributed by atoms with Gasteiger partial charge in [-0.05, 0) is 47.5 Å². The predicted molar refractivity (Wildman–Crippen MR) is 134 cm³/mol. The number of nitrogens with zero attached hydrogens (tertiary/aromatic N) is 2. The van der Waals surface area contributed by atoms with Gasteiger partial charge in [0.05, 0.1) is 35.8 Å². The number of carbonyl (C=O) groups excluding carboxylic acids is 1. The molecule has 0 fully saturated rings. The Morgan fingerprint density at radius 1 is 1.15 bits per heavy atom. The van der Waals surface area contributed by atoms with Crippen molar-refractivity contribution in [1.29, 1.82) is 0 Å². The molecule has 0 spiro atoms. The standard InChI is InChI=1S/C25H24ClN3O3S/c1-16(18-8-7-17-5-3-4-6-19(17)13-18)27-23(30)15-33-25-28-22-14-20(26)9-10-21(22)24(31)29(25)11-12-32-2/h3-10,13-14,16H,11-12,15H2,1-2H3,(H,27,30). The van der Waals surface area contributed by atoms with E-state index in [2.05, 4.69) is 34.6 Å². The van der Waals surface area contributed by atoms with Crippen LogP contribution in [0.5, 0.6) is 0 Å². The van der Waals surface area contributed by atoms with Gasteiger partial charge in [0.15, 0.2) is 5.16 Å². The summed E-state index contributed by atoms with van der Waals surface area (Å²) < 4.78 is 6.69. The van der Waals surface area contributed by atoms with Gasteiger partial charge >= 0.3 is 0 Å². The third kappa shape index (κ3) is 5.38. The first-order valence-corrected chi connectivity index (χ1v) is 11.9. The number of benzene rings is 3. The summed E-state index contributed by atoms with van der Waals surface area (Å²) in [5, 5.41) is 6.77. The third-order valence-electron chi connectivity index (χ3n) is 5.38. The summed E-state index contributed by atoms with van der Waals surface area (Å²) in [6, 6.07) is 19.1. The van der Waals surface area contributed by atoms with E-state index in [0.29, 0.717) is 34.2 Å². The van der Waals surface area contributed by atoms with Gasteiger partial charge in [-0.3, -0.25) is 14.2 Å². The fourth-order valence-corrected chi connectivity index (χ4v) is 4.64. The number of hydrogen-bond acceptors (Lipinski definition) is 5. The van der Waals surface area contributed by atoms with E-state index in [1.54, 1.807) is 29.9 Å². The van der Waals surface area contributed by atoms with Crippen LogP contribution in [0.25, 0.3) is 21.7 Å². The van der Waals surface area contributed by atoms with Crippen molar-refractivity contribution >= 4 is 50.9 Å². The molecule has 0 aliphatic heterocycles. The fraction of sp³-hybridized carbons (Fsp3) is 0.240. The molecule has 1 amide bonds. The van der Waals surface area contributed by atoms with E-state index in [-0.39, 0.29) is 23.3 Å². The van der Waals surface area contributed by atoms with Crippen molar-refractivity contribution in [3.8, 4) is 0 Å². The number of halogens is 1. The molecule has 170 valence electrons. The van der Waals surface area contributed by atoms with Crippen LogP contribution in [0.4, 0.5) is 0 Å². The lowest BCUT2D eigenvalue weighted by Crippen LogP contribution is -2.29. The van der Waals surface area contributed by atoms with E-state index < -0.39 is 0 Å². The van der Waals surface area contributed by atoms with E-state index in [4.69, 9.17) is 16.3 Å². The van der Waals surface area contributed by atoms with Gasteiger partial charge in [0, 0.05) is 12.1 Å². The number of nitrogens with one attached hydrogen (secondary N) is 1. The van der Waals surface area contributed by atoms with Crippen LogP contribution < -0.4 is 10.9 Å². The molecule has 1 N–H and O–H groups in total. The van der Waals surface area contributed by atoms with Crippen LogP contribution in [0.3, 0.4) is 0 Å². The number of fused-ring (bicyclic) bond motifs is 2. The van der Waals surface area contributed by atoms with Gasteiger partial charge in [-0.15, -0.1) is 0 Å². The highest BCUT2D eigenvalue weighted by atomic mass is 35.5. The Morgan fingerprint density at radius 3 is 2.73 bits per heavy atom. The van der Waals surface area contributed by atoms with Crippen molar-refractivity contribution in [3.63, 3.8) is 0 Å². The maximum absolute atomic E-state index is 13.0. The number of amides is 1. The maximum Gasteiger partial charge on any atom is 0.262 e. The summed E-state index contributed by atoms with van der Waals surface area (Å²) in [5.41, 5.74) is 1.36. The van der Waals surface area contributed by atoms with Gasteiger partial charge < -0.3 is 10.1 Å². The molecule has 6 nitrogen and oxygen atoms in total. The maximum atomic E-state index is 13.0. The Morgan fingerprint density at radius 2 is 1.94 bits per heavy atom. The highest BCUT2D eigenvalue weighted by Gasteiger charge is 2.15. The smallest absolute Gasteiger partial charge is 0.262 e. The van der Waals surface area contributed by atoms with Crippen LogP contribution >= 0.6 is 23.4 Å². The van der Waals surface area contributed by atoms with Crippen LogP contribution in [0.2, 0.25) is 5.02 Å². The number of ether oxygens (including phenoxy) is 1. The van der Waals surface area contributed by atoms with Gasteiger partial charge in [-0.25, -0.2) is 4.98 Å². The molecule has 1 heterocycles. The van der Waals surface area contributed by atoms with E-state index in [9.17, 15) is 9.59 Å². The number of methoxy groups -OCH3 is 1. The lowest BCUT2D eigenvalue weighted by Gasteiger charge is -2.16. The zero-order chi connectivity index (χ0) is 23.4. The van der Waals surface area contributed by atoms with Crippen LogP contribution in [0.1, 0.15) is 18.5 Å². The number of hydrogen-bond donors (Lipinski definition) is 1. The molecule has 1 unspecified atom stereocenters. The molecule has 4 aromatic rings. The highest BCUT2D eigenvalue weighted by Crippen LogP contribution is 2.22. The minimum absolute atomic E-state index is 0.128. The largest absolute Gasteiger partial charge is 0.383 e. The Bertz CT molecular complexity index is 1370. The van der Waals surface area contributed by atoms with E-state index in [1.165, 1.54) is 11.8 Å². The zero-order valence-electron chi connectivity index (χ0n) is 18.4. The van der Waals surface area contributed by atoms with Gasteiger partial charge in [-0.1, -0.05) is 59.8 Å². The molecule has 0 radical (unpaired) electrons. The molecule has 1 aromatic heterocycles. The topological polar surface area (TPSA) is 73.2 Å². The average molecular weight is 482 g/mol. The lowest BCUT2D eigenvalue weighted by atomic mass is 10.0. The second kappa shape index (κ2) is 10.4. The van der Waals surface area contributed by atoms with Crippen molar-refractivity contribution in [2.45, 2.75) is 24.7 Å². The second-order valence-electron chi connectivity index (χ2n) is 7.69. The summed E-state index contributed by atoms with van der Waals surface area (Å²) in [6.45, 7) is 2.66.